The van der Waals surface area contributed by atoms with E-state index in [4.69, 9.17) is 9.72 Å². The van der Waals surface area contributed by atoms with E-state index < -0.39 is 0 Å². The second-order valence-electron chi connectivity index (χ2n) is 14.5. The lowest BCUT2D eigenvalue weighted by molar-refractivity contribution is 0.415. The van der Waals surface area contributed by atoms with Gasteiger partial charge in [-0.15, -0.1) is 0 Å². The molecule has 1 aromatic heterocycles. The van der Waals surface area contributed by atoms with Crippen LogP contribution >= 0.6 is 0 Å². The van der Waals surface area contributed by atoms with Crippen LogP contribution in [0.15, 0.2) is 194 Å². The highest BCUT2D eigenvalue weighted by atomic mass is 16.5. The Labute approximate surface area is 326 Å². The first kappa shape index (κ1) is 32.2. The summed E-state index contributed by atoms with van der Waals surface area (Å²) in [6, 6.07) is 70.1. The topological polar surface area (TPSA) is 22.1 Å². The number of hydrogen-bond acceptors (Lipinski definition) is 2. The minimum Gasteiger partial charge on any atom is -0.497 e. The molecule has 0 amide bonds. The van der Waals surface area contributed by atoms with Gasteiger partial charge in [-0.2, -0.15) is 0 Å². The average Bonchev–Trinajstić information content (AvgIpc) is 3.60. The number of ether oxygens (including phenoxy) is 1. The Hall–Kier alpha value is -7.29. The number of methoxy groups -OCH3 is 1. The van der Waals surface area contributed by atoms with Crippen LogP contribution in [0.4, 0.5) is 0 Å². The molecule has 0 spiro atoms. The summed E-state index contributed by atoms with van der Waals surface area (Å²) < 4.78 is 5.51. The van der Waals surface area contributed by atoms with E-state index in [-0.39, 0.29) is 0 Å². The highest BCUT2D eigenvalue weighted by molar-refractivity contribution is 6.29. The summed E-state index contributed by atoms with van der Waals surface area (Å²) in [6.45, 7) is 0. The Kier molecular flexibility index (Phi) is 7.43. The molecule has 56 heavy (non-hydrogen) atoms. The molecule has 0 saturated heterocycles. The van der Waals surface area contributed by atoms with Gasteiger partial charge in [0.1, 0.15) is 5.75 Å². The molecule has 1 heterocycles. The van der Waals surface area contributed by atoms with E-state index in [0.29, 0.717) is 0 Å². The van der Waals surface area contributed by atoms with Crippen molar-refractivity contribution >= 4 is 32.4 Å². The molecule has 262 valence electrons. The fourth-order valence-electron chi connectivity index (χ4n) is 9.08. The first-order valence-corrected chi connectivity index (χ1v) is 19.2. The number of hydrogen-bond donors (Lipinski definition) is 0. The number of rotatable bonds is 6. The highest BCUT2D eigenvalue weighted by Gasteiger charge is 2.31. The van der Waals surface area contributed by atoms with E-state index in [1.807, 2.05) is 12.1 Å². The van der Waals surface area contributed by atoms with Crippen LogP contribution in [-0.2, 0) is 0 Å². The van der Waals surface area contributed by atoms with Crippen LogP contribution in [0.1, 0.15) is 0 Å². The maximum atomic E-state index is 5.51. The number of fused-ring (bicyclic) bond motifs is 5. The first-order valence-electron chi connectivity index (χ1n) is 19.2. The van der Waals surface area contributed by atoms with Crippen LogP contribution in [0.25, 0.3) is 110 Å². The molecule has 9 aromatic carbocycles. The zero-order chi connectivity index (χ0) is 37.2. The maximum absolute atomic E-state index is 5.51. The van der Waals surface area contributed by atoms with E-state index >= 15 is 0 Å². The van der Waals surface area contributed by atoms with E-state index in [1.54, 1.807) is 7.11 Å². The number of nitrogens with zero attached hydrogens (tertiary/aromatic N) is 1. The predicted molar refractivity (Wildman–Crippen MR) is 235 cm³/mol. The van der Waals surface area contributed by atoms with Gasteiger partial charge in [0.15, 0.2) is 0 Å². The lowest BCUT2D eigenvalue weighted by atomic mass is 9.82. The minimum absolute atomic E-state index is 0.834. The SMILES string of the molecule is COc1ccc(-c2cccc3c(-c4ccc5c6c(cccc46)-c4c-5c(-c5ccccc5)c5ccccc5c4-c4ccccc4)cc(-c4ccccc4)nc23)cc1. The summed E-state index contributed by atoms with van der Waals surface area (Å²) in [5.41, 5.74) is 17.7. The number of aromatic nitrogens is 1. The average molecular weight is 714 g/mol. The molecule has 1 aliphatic rings. The van der Waals surface area contributed by atoms with Crippen LogP contribution in [0.5, 0.6) is 5.75 Å². The summed E-state index contributed by atoms with van der Waals surface area (Å²) in [7, 11) is 1.71. The Balaban J connectivity index is 1.24. The fourth-order valence-corrected chi connectivity index (χ4v) is 9.08. The van der Waals surface area contributed by atoms with Crippen LogP contribution in [0.3, 0.4) is 0 Å². The molecule has 0 fully saturated rings. The molecule has 0 atom stereocenters. The fraction of sp³-hybridized carbons (Fsp3) is 0.0185. The molecule has 0 bridgehead atoms. The Bertz CT molecular complexity index is 3040. The van der Waals surface area contributed by atoms with Gasteiger partial charge in [0.05, 0.1) is 18.3 Å². The Morgan fingerprint density at radius 2 is 0.839 bits per heavy atom. The van der Waals surface area contributed by atoms with Gasteiger partial charge in [0.25, 0.3) is 0 Å². The second kappa shape index (κ2) is 12.9. The van der Waals surface area contributed by atoms with E-state index in [9.17, 15) is 0 Å². The summed E-state index contributed by atoms with van der Waals surface area (Å²) >= 11 is 0. The molecule has 0 N–H and O–H groups in total. The van der Waals surface area contributed by atoms with Gasteiger partial charge in [-0.3, -0.25) is 0 Å². The van der Waals surface area contributed by atoms with Crippen molar-refractivity contribution in [3.05, 3.63) is 194 Å². The number of pyridine rings is 1. The number of benzene rings is 9. The van der Waals surface area contributed by atoms with Crippen molar-refractivity contribution in [1.29, 1.82) is 0 Å². The molecule has 11 rings (SSSR count). The van der Waals surface area contributed by atoms with E-state index in [2.05, 4.69) is 182 Å². The van der Waals surface area contributed by atoms with Crippen LogP contribution < -0.4 is 4.74 Å². The molecular weight excluding hydrogens is 679 g/mol. The molecule has 2 heteroatoms. The van der Waals surface area contributed by atoms with E-state index in [1.165, 1.54) is 77.2 Å². The smallest absolute Gasteiger partial charge is 0.118 e. The van der Waals surface area contributed by atoms with Gasteiger partial charge < -0.3 is 4.74 Å². The standard InChI is InChI=1S/C54H35NO/c1-56-38-29-27-34(28-30-38)39-23-13-25-44-47(33-48(55-54(39)44)35-15-5-2-6-16-35)40-31-32-46-51-41(40)24-14-26-45(51)52-49(36-17-7-3-8-18-36)42-21-11-12-22-43(42)50(53(46)52)37-19-9-4-10-20-37/h2-33H,1H3. The van der Waals surface area contributed by atoms with Gasteiger partial charge in [0, 0.05) is 16.5 Å². The van der Waals surface area contributed by atoms with Gasteiger partial charge in [0.2, 0.25) is 0 Å². The Morgan fingerprint density at radius 1 is 0.339 bits per heavy atom. The Morgan fingerprint density at radius 3 is 1.45 bits per heavy atom. The lowest BCUT2D eigenvalue weighted by Gasteiger charge is -2.20. The summed E-state index contributed by atoms with van der Waals surface area (Å²) in [5, 5.41) is 6.18. The summed E-state index contributed by atoms with van der Waals surface area (Å²) in [6.07, 6.45) is 0. The normalized spacial score (nSPS) is 11.7. The first-order chi connectivity index (χ1) is 27.8. The van der Waals surface area contributed by atoms with Crippen LogP contribution in [0, 0.1) is 0 Å². The van der Waals surface area contributed by atoms with Gasteiger partial charge in [-0.05, 0) is 101 Å². The van der Waals surface area contributed by atoms with Crippen molar-refractivity contribution < 1.29 is 4.74 Å². The zero-order valence-corrected chi connectivity index (χ0v) is 30.8. The third-order valence-electron chi connectivity index (χ3n) is 11.5. The molecule has 1 aliphatic carbocycles. The molecule has 0 unspecified atom stereocenters. The second-order valence-corrected chi connectivity index (χ2v) is 14.5. The van der Waals surface area contributed by atoms with Crippen LogP contribution in [-0.4, -0.2) is 12.1 Å². The molecule has 0 aliphatic heterocycles. The van der Waals surface area contributed by atoms with Crippen LogP contribution in [0.2, 0.25) is 0 Å². The lowest BCUT2D eigenvalue weighted by Crippen LogP contribution is -1.94. The van der Waals surface area contributed by atoms with Crippen molar-refractivity contribution in [1.82, 2.24) is 4.98 Å². The zero-order valence-electron chi connectivity index (χ0n) is 30.8. The van der Waals surface area contributed by atoms with Crippen molar-refractivity contribution in [3.63, 3.8) is 0 Å². The monoisotopic (exact) mass is 713 g/mol. The van der Waals surface area contributed by atoms with Crippen molar-refractivity contribution in [2.24, 2.45) is 0 Å². The highest BCUT2D eigenvalue weighted by Crippen LogP contribution is 2.58. The largest absolute Gasteiger partial charge is 0.497 e. The van der Waals surface area contributed by atoms with Gasteiger partial charge >= 0.3 is 0 Å². The van der Waals surface area contributed by atoms with Gasteiger partial charge in [-0.1, -0.05) is 176 Å². The summed E-state index contributed by atoms with van der Waals surface area (Å²) in [5.74, 6) is 0.834. The van der Waals surface area contributed by atoms with Gasteiger partial charge in [-0.25, -0.2) is 4.98 Å². The van der Waals surface area contributed by atoms with Crippen molar-refractivity contribution in [2.75, 3.05) is 7.11 Å². The third kappa shape index (κ3) is 4.93. The molecule has 10 aromatic rings. The van der Waals surface area contributed by atoms with Crippen molar-refractivity contribution in [3.8, 4) is 83.8 Å². The van der Waals surface area contributed by atoms with Crippen molar-refractivity contribution in [2.45, 2.75) is 0 Å². The minimum atomic E-state index is 0.834. The predicted octanol–water partition coefficient (Wildman–Crippen LogP) is 14.5. The third-order valence-corrected chi connectivity index (χ3v) is 11.5. The number of para-hydroxylation sites is 1. The molecule has 0 saturated carbocycles. The quantitative estimate of drug-likeness (QED) is 0.171. The van der Waals surface area contributed by atoms with E-state index in [0.717, 1.165) is 39.0 Å². The molecular formula is C54H35NO. The summed E-state index contributed by atoms with van der Waals surface area (Å²) in [4.78, 5) is 5.40. The maximum Gasteiger partial charge on any atom is 0.118 e. The molecule has 2 nitrogen and oxygen atoms in total. The molecule has 0 radical (unpaired) electrons.